The van der Waals surface area contributed by atoms with E-state index in [2.05, 4.69) is 12.2 Å². The Morgan fingerprint density at radius 1 is 1.46 bits per heavy atom. The van der Waals surface area contributed by atoms with Crippen molar-refractivity contribution >= 4 is 11.7 Å². The van der Waals surface area contributed by atoms with Crippen LogP contribution in [0.15, 0.2) is 24.3 Å². The Hall–Kier alpha value is -1.51. The number of carbonyl (C=O) groups excluding carboxylic acids is 1. The zero-order valence-corrected chi connectivity index (χ0v) is 7.71. The van der Waals surface area contributed by atoms with Crippen molar-refractivity contribution in [1.29, 1.82) is 0 Å². The number of anilines is 1. The van der Waals surface area contributed by atoms with E-state index in [1.807, 2.05) is 24.3 Å². The lowest BCUT2D eigenvalue weighted by Crippen LogP contribution is -2.20. The lowest BCUT2D eigenvalue weighted by atomic mass is 10.1. The molecule has 0 aliphatic carbocycles. The van der Waals surface area contributed by atoms with Crippen molar-refractivity contribution in [3.05, 3.63) is 29.8 Å². The maximum absolute atomic E-state index is 10.6. The van der Waals surface area contributed by atoms with E-state index in [9.17, 15) is 4.79 Å². The Morgan fingerprint density at radius 3 is 2.77 bits per heavy atom. The Balaban J connectivity index is 2.84. The van der Waals surface area contributed by atoms with Crippen LogP contribution in [0, 0.1) is 0 Å². The summed E-state index contributed by atoms with van der Waals surface area (Å²) in [6.07, 6.45) is 2.01. The summed E-state index contributed by atoms with van der Waals surface area (Å²) in [7, 11) is 0. The number of hydrogen-bond donors (Lipinski definition) is 2. The maximum Gasteiger partial charge on any atom is 0.316 e. The van der Waals surface area contributed by atoms with Gasteiger partial charge in [-0.2, -0.15) is 0 Å². The van der Waals surface area contributed by atoms with Gasteiger partial charge in [0.15, 0.2) is 0 Å². The van der Waals surface area contributed by atoms with Crippen LogP contribution in [0.4, 0.5) is 10.5 Å². The highest BCUT2D eigenvalue weighted by Gasteiger charge is 2.01. The molecule has 0 unspecified atom stereocenters. The fourth-order valence-electron chi connectivity index (χ4n) is 1.26. The van der Waals surface area contributed by atoms with Crippen molar-refractivity contribution in [3.8, 4) is 0 Å². The minimum absolute atomic E-state index is 0.511. The van der Waals surface area contributed by atoms with Crippen molar-refractivity contribution < 1.29 is 4.79 Å². The van der Waals surface area contributed by atoms with Gasteiger partial charge >= 0.3 is 6.03 Å². The average Bonchev–Trinajstić information content (AvgIpc) is 2.08. The molecular formula is C10H14N2O. The SMILES string of the molecule is CCCc1ccccc1NC(N)=O. The van der Waals surface area contributed by atoms with E-state index in [1.54, 1.807) is 0 Å². The molecule has 0 saturated heterocycles. The van der Waals surface area contributed by atoms with Gasteiger partial charge in [0.1, 0.15) is 0 Å². The largest absolute Gasteiger partial charge is 0.351 e. The minimum atomic E-state index is -0.511. The molecule has 3 N–H and O–H groups in total. The van der Waals surface area contributed by atoms with Gasteiger partial charge in [0.25, 0.3) is 0 Å². The second-order valence-electron chi connectivity index (χ2n) is 2.90. The van der Waals surface area contributed by atoms with Crippen LogP contribution in [0.5, 0.6) is 0 Å². The lowest BCUT2D eigenvalue weighted by molar-refractivity contribution is 0.259. The van der Waals surface area contributed by atoms with Gasteiger partial charge in [0.05, 0.1) is 0 Å². The molecule has 1 rings (SSSR count). The molecule has 70 valence electrons. The number of nitrogens with one attached hydrogen (secondary N) is 1. The summed E-state index contributed by atoms with van der Waals surface area (Å²) < 4.78 is 0. The lowest BCUT2D eigenvalue weighted by Gasteiger charge is -2.07. The summed E-state index contributed by atoms with van der Waals surface area (Å²) in [6.45, 7) is 2.10. The number of para-hydroxylation sites is 1. The molecule has 0 spiro atoms. The van der Waals surface area contributed by atoms with Crippen molar-refractivity contribution in [1.82, 2.24) is 0 Å². The van der Waals surface area contributed by atoms with Gasteiger partial charge in [0, 0.05) is 5.69 Å². The predicted octanol–water partition coefficient (Wildman–Crippen LogP) is 2.13. The van der Waals surface area contributed by atoms with Gasteiger partial charge in [-0.1, -0.05) is 31.5 Å². The third-order valence-electron chi connectivity index (χ3n) is 1.79. The Morgan fingerprint density at radius 2 is 2.15 bits per heavy atom. The van der Waals surface area contributed by atoms with Crippen LogP contribution in [0.1, 0.15) is 18.9 Å². The second kappa shape index (κ2) is 4.50. The molecular weight excluding hydrogens is 164 g/mol. The van der Waals surface area contributed by atoms with Gasteiger partial charge in [-0.15, -0.1) is 0 Å². The van der Waals surface area contributed by atoms with Crippen molar-refractivity contribution in [2.24, 2.45) is 5.73 Å². The van der Waals surface area contributed by atoms with Gasteiger partial charge in [-0.05, 0) is 18.1 Å². The van der Waals surface area contributed by atoms with E-state index in [0.29, 0.717) is 0 Å². The van der Waals surface area contributed by atoms with Gasteiger partial charge in [0.2, 0.25) is 0 Å². The first kappa shape index (κ1) is 9.58. The van der Waals surface area contributed by atoms with E-state index in [-0.39, 0.29) is 0 Å². The molecule has 0 bridgehead atoms. The minimum Gasteiger partial charge on any atom is -0.351 e. The van der Waals surface area contributed by atoms with E-state index in [0.717, 1.165) is 24.1 Å². The first-order valence-electron chi connectivity index (χ1n) is 4.38. The highest BCUT2D eigenvalue weighted by atomic mass is 16.2. The summed E-state index contributed by atoms with van der Waals surface area (Å²) in [5, 5.41) is 2.60. The molecule has 2 amide bonds. The summed E-state index contributed by atoms with van der Waals surface area (Å²) in [5.41, 5.74) is 6.98. The summed E-state index contributed by atoms with van der Waals surface area (Å²) >= 11 is 0. The molecule has 1 aromatic rings. The number of urea groups is 1. The van der Waals surface area contributed by atoms with Crippen LogP contribution < -0.4 is 11.1 Å². The van der Waals surface area contributed by atoms with Gasteiger partial charge in [-0.3, -0.25) is 0 Å². The second-order valence-corrected chi connectivity index (χ2v) is 2.90. The van der Waals surface area contributed by atoms with E-state index < -0.39 is 6.03 Å². The fourth-order valence-corrected chi connectivity index (χ4v) is 1.26. The number of primary amides is 1. The molecule has 0 heterocycles. The summed E-state index contributed by atoms with van der Waals surface area (Å²) in [4.78, 5) is 10.6. The number of rotatable bonds is 3. The number of carbonyl (C=O) groups is 1. The standard InChI is InChI=1S/C10H14N2O/c1-2-5-8-6-3-4-7-9(8)12-10(11)13/h3-4,6-7H,2,5H2,1H3,(H3,11,12,13). The van der Waals surface area contributed by atoms with Crippen LogP contribution in [-0.4, -0.2) is 6.03 Å². The first-order chi connectivity index (χ1) is 6.24. The molecule has 3 nitrogen and oxygen atoms in total. The van der Waals surface area contributed by atoms with Crippen LogP contribution >= 0.6 is 0 Å². The number of nitrogens with two attached hydrogens (primary N) is 1. The third-order valence-corrected chi connectivity index (χ3v) is 1.79. The predicted molar refractivity (Wildman–Crippen MR) is 53.6 cm³/mol. The Labute approximate surface area is 77.9 Å². The number of aryl methyl sites for hydroxylation is 1. The normalized spacial score (nSPS) is 9.62. The highest BCUT2D eigenvalue weighted by molar-refractivity contribution is 5.88. The van der Waals surface area contributed by atoms with E-state index in [4.69, 9.17) is 5.73 Å². The monoisotopic (exact) mass is 178 g/mol. The third kappa shape index (κ3) is 2.78. The molecule has 0 fully saturated rings. The van der Waals surface area contributed by atoms with Crippen molar-refractivity contribution in [2.45, 2.75) is 19.8 Å². The highest BCUT2D eigenvalue weighted by Crippen LogP contribution is 2.16. The molecule has 0 aliphatic heterocycles. The number of amides is 2. The summed E-state index contributed by atoms with van der Waals surface area (Å²) in [5.74, 6) is 0. The summed E-state index contributed by atoms with van der Waals surface area (Å²) in [6, 6.07) is 7.18. The van der Waals surface area contributed by atoms with E-state index in [1.165, 1.54) is 0 Å². The van der Waals surface area contributed by atoms with Gasteiger partial charge in [-0.25, -0.2) is 4.79 Å². The molecule has 1 aromatic carbocycles. The first-order valence-corrected chi connectivity index (χ1v) is 4.38. The molecule has 3 heteroatoms. The smallest absolute Gasteiger partial charge is 0.316 e. The number of hydrogen-bond acceptors (Lipinski definition) is 1. The van der Waals surface area contributed by atoms with Crippen LogP contribution in [0.3, 0.4) is 0 Å². The number of benzene rings is 1. The van der Waals surface area contributed by atoms with Gasteiger partial charge < -0.3 is 11.1 Å². The Kier molecular flexibility index (Phi) is 3.31. The van der Waals surface area contributed by atoms with Crippen LogP contribution in [0.25, 0.3) is 0 Å². The maximum atomic E-state index is 10.6. The quantitative estimate of drug-likeness (QED) is 0.731. The van der Waals surface area contributed by atoms with Crippen molar-refractivity contribution in [3.63, 3.8) is 0 Å². The van der Waals surface area contributed by atoms with E-state index >= 15 is 0 Å². The van der Waals surface area contributed by atoms with Crippen LogP contribution in [0.2, 0.25) is 0 Å². The van der Waals surface area contributed by atoms with Crippen molar-refractivity contribution in [2.75, 3.05) is 5.32 Å². The topological polar surface area (TPSA) is 55.1 Å². The van der Waals surface area contributed by atoms with Crippen LogP contribution in [-0.2, 0) is 6.42 Å². The Bertz CT molecular complexity index is 297. The zero-order chi connectivity index (χ0) is 9.68. The molecule has 0 aliphatic rings. The molecule has 0 atom stereocenters. The fraction of sp³-hybridized carbons (Fsp3) is 0.300. The molecule has 0 radical (unpaired) electrons. The molecule has 13 heavy (non-hydrogen) atoms. The molecule has 0 saturated carbocycles. The zero-order valence-electron chi connectivity index (χ0n) is 7.71. The molecule has 0 aromatic heterocycles. The average molecular weight is 178 g/mol.